The summed E-state index contributed by atoms with van der Waals surface area (Å²) in [7, 11) is 6.98. The molecule has 0 aromatic rings. The molecule has 17 heavy (non-hydrogen) atoms. The van der Waals surface area contributed by atoms with E-state index in [0.717, 1.165) is 0 Å². The lowest BCUT2D eigenvalue weighted by molar-refractivity contribution is -0.0329. The van der Waals surface area contributed by atoms with Crippen LogP contribution in [0.15, 0.2) is 0 Å². The van der Waals surface area contributed by atoms with Crippen molar-refractivity contribution in [2.24, 2.45) is 0 Å². The molecule has 0 rings (SSSR count). The standard InChI is InChI=1S/C12H7O2P2Si/c13-12(14,17)10-8-6-4-2-1-3-5-7-9-11(15)16/h11,13-14H,15-16H2/i11T. The Bertz CT molecular complexity index is 549. The maximum Gasteiger partial charge on any atom is 0.200 e. The molecular weight excluding hydrogens is 266 g/mol. The molecule has 3 radical (unpaired) electrons. The van der Waals surface area contributed by atoms with Crippen molar-refractivity contribution in [2.75, 3.05) is 0 Å². The highest BCUT2D eigenvalue weighted by molar-refractivity contribution is 7.38. The molecule has 2 unspecified atom stereocenters. The predicted octanol–water partition coefficient (Wildman–Crippen LogP) is -1.11. The summed E-state index contributed by atoms with van der Waals surface area (Å²) in [6.45, 7) is 0. The van der Waals surface area contributed by atoms with Crippen molar-refractivity contribution in [3.8, 4) is 59.2 Å². The van der Waals surface area contributed by atoms with Crippen molar-refractivity contribution in [3.63, 3.8) is 0 Å². The Labute approximate surface area is 111 Å². The van der Waals surface area contributed by atoms with Gasteiger partial charge in [0.15, 0.2) is 0 Å². The molecule has 2 atom stereocenters. The largest absolute Gasteiger partial charge is 0.360 e. The molecule has 0 aliphatic heterocycles. The first-order valence-corrected chi connectivity index (χ1v) is 5.68. The topological polar surface area (TPSA) is 40.5 Å². The van der Waals surface area contributed by atoms with E-state index in [1.807, 2.05) is 5.92 Å². The Morgan fingerprint density at radius 2 is 1.35 bits per heavy atom. The molecule has 2 nitrogen and oxygen atoms in total. The summed E-state index contributed by atoms with van der Waals surface area (Å²) in [6, 6.07) is 0. The molecule has 0 saturated carbocycles. The fourth-order valence-electron chi connectivity index (χ4n) is 0.409. The van der Waals surface area contributed by atoms with Gasteiger partial charge in [-0.25, -0.2) is 0 Å². The smallest absolute Gasteiger partial charge is 0.200 e. The second-order valence-corrected chi connectivity index (χ2v) is 4.99. The Morgan fingerprint density at radius 1 is 0.941 bits per heavy atom. The zero-order valence-electron chi connectivity index (χ0n) is 9.55. The summed E-state index contributed by atoms with van der Waals surface area (Å²) in [4.78, 5) is 0. The third kappa shape index (κ3) is 14.8. The average Bonchev–Trinajstić information content (AvgIpc) is 2.17. The van der Waals surface area contributed by atoms with Gasteiger partial charge in [-0.1, -0.05) is 5.92 Å². The molecule has 0 aliphatic carbocycles. The highest BCUT2D eigenvalue weighted by Crippen LogP contribution is 2.04. The molecular formula is C12H7O2P2Si. The van der Waals surface area contributed by atoms with Crippen LogP contribution >= 0.6 is 18.5 Å². The van der Waals surface area contributed by atoms with Crippen LogP contribution in [0.25, 0.3) is 0 Å². The maximum absolute atomic E-state index is 8.72. The van der Waals surface area contributed by atoms with Gasteiger partial charge in [-0.2, -0.15) is 0 Å². The van der Waals surface area contributed by atoms with Gasteiger partial charge >= 0.3 is 0 Å². The molecule has 0 aromatic heterocycles. The lowest BCUT2D eigenvalue weighted by Crippen LogP contribution is -2.25. The summed E-state index contributed by atoms with van der Waals surface area (Å²) in [5, 5.41) is 16.4. The fourth-order valence-corrected chi connectivity index (χ4v) is 0.616. The molecule has 0 fully saturated rings. The first-order valence-electron chi connectivity index (χ1n) is 4.52. The van der Waals surface area contributed by atoms with Crippen molar-refractivity contribution in [1.29, 1.82) is 0 Å². The van der Waals surface area contributed by atoms with E-state index in [2.05, 4.69) is 82.0 Å². The first-order chi connectivity index (χ1) is 8.21. The van der Waals surface area contributed by atoms with Crippen LogP contribution in [-0.2, 0) is 0 Å². The summed E-state index contributed by atoms with van der Waals surface area (Å²) >= 11 is 0. The van der Waals surface area contributed by atoms with Crippen LogP contribution in [0.1, 0.15) is 1.37 Å². The number of hydrogen-bond acceptors (Lipinski definition) is 2. The molecule has 0 spiro atoms. The molecule has 0 aromatic carbocycles. The SMILES string of the molecule is [3H]C(P)(P)C#CC#CC#CC#CC#CC(O)(O)[Si]. The van der Waals surface area contributed by atoms with E-state index >= 15 is 0 Å². The molecule has 0 bridgehead atoms. The van der Waals surface area contributed by atoms with E-state index in [1.54, 1.807) is 0 Å². The van der Waals surface area contributed by atoms with Crippen molar-refractivity contribution >= 4 is 28.7 Å². The Morgan fingerprint density at radius 3 is 1.76 bits per heavy atom. The van der Waals surface area contributed by atoms with Crippen molar-refractivity contribution in [2.45, 2.75) is 10.8 Å². The molecule has 0 amide bonds. The van der Waals surface area contributed by atoms with Gasteiger partial charge in [0.25, 0.3) is 0 Å². The van der Waals surface area contributed by atoms with Crippen LogP contribution in [0, 0.1) is 59.2 Å². The van der Waals surface area contributed by atoms with Crippen LogP contribution in [0.5, 0.6) is 0 Å². The summed E-state index contributed by atoms with van der Waals surface area (Å²) < 4.78 is 7.34. The second kappa shape index (κ2) is 8.89. The maximum atomic E-state index is 8.72. The minimum Gasteiger partial charge on any atom is -0.360 e. The van der Waals surface area contributed by atoms with Gasteiger partial charge in [0.2, 0.25) is 5.41 Å². The van der Waals surface area contributed by atoms with E-state index in [4.69, 9.17) is 11.6 Å². The molecule has 5 heteroatoms. The average molecular weight is 275 g/mol. The number of rotatable bonds is 0. The van der Waals surface area contributed by atoms with Gasteiger partial charge in [-0.15, -0.1) is 18.5 Å². The Kier molecular flexibility index (Phi) is 7.25. The quantitative estimate of drug-likeness (QED) is 0.255. The van der Waals surface area contributed by atoms with Gasteiger partial charge in [0.05, 0.1) is 1.37 Å². The zero-order chi connectivity index (χ0) is 14.1. The number of aliphatic hydroxyl groups is 2. The molecule has 2 N–H and O–H groups in total. The van der Waals surface area contributed by atoms with Crippen LogP contribution in [0.4, 0.5) is 0 Å². The van der Waals surface area contributed by atoms with Crippen molar-refractivity contribution in [1.82, 2.24) is 0 Å². The van der Waals surface area contributed by atoms with Crippen LogP contribution < -0.4 is 0 Å². The van der Waals surface area contributed by atoms with E-state index in [0.29, 0.717) is 0 Å². The Balaban J connectivity index is 4.39. The zero-order valence-corrected chi connectivity index (χ0v) is 11.9. The van der Waals surface area contributed by atoms with E-state index in [1.165, 1.54) is 0 Å². The van der Waals surface area contributed by atoms with Gasteiger partial charge in [0, 0.05) is 5.38 Å². The first kappa shape index (κ1) is 13.9. The third-order valence-corrected chi connectivity index (χ3v) is 1.29. The van der Waals surface area contributed by atoms with E-state index in [9.17, 15) is 0 Å². The van der Waals surface area contributed by atoms with Gasteiger partial charge < -0.3 is 10.2 Å². The van der Waals surface area contributed by atoms with Gasteiger partial charge in [-0.05, 0) is 53.3 Å². The van der Waals surface area contributed by atoms with Crippen LogP contribution in [0.2, 0.25) is 0 Å². The lowest BCUT2D eigenvalue weighted by atomic mass is 10.5. The van der Waals surface area contributed by atoms with Crippen molar-refractivity contribution < 1.29 is 11.6 Å². The molecule has 81 valence electrons. The van der Waals surface area contributed by atoms with E-state index in [-0.39, 0.29) is 0 Å². The highest BCUT2D eigenvalue weighted by atomic mass is 31.1. The minimum absolute atomic E-state index is 0.992. The fraction of sp³-hybridized carbons (Fsp3) is 0.167. The third-order valence-electron chi connectivity index (χ3n) is 0.881. The van der Waals surface area contributed by atoms with Gasteiger partial charge in [0.1, 0.15) is 10.2 Å². The molecule has 0 aliphatic rings. The number of hydrogen-bond donors (Lipinski definition) is 2. The summed E-state index contributed by atoms with van der Waals surface area (Å²) in [6.07, 6.45) is 0. The lowest BCUT2D eigenvalue weighted by Gasteiger charge is -2.03. The highest BCUT2D eigenvalue weighted by Gasteiger charge is 2.07. The second-order valence-electron chi connectivity index (χ2n) is 2.38. The van der Waals surface area contributed by atoms with Crippen molar-refractivity contribution in [3.05, 3.63) is 0 Å². The van der Waals surface area contributed by atoms with Crippen LogP contribution in [0.3, 0.4) is 0 Å². The molecule has 0 heterocycles. The monoisotopic (exact) mass is 275 g/mol. The summed E-state index contributed by atoms with van der Waals surface area (Å²) in [5.41, 5.74) is -2.24. The summed E-state index contributed by atoms with van der Waals surface area (Å²) in [5.74, 6) is 23.4. The van der Waals surface area contributed by atoms with E-state index < -0.39 is 10.8 Å². The normalized spacial score (nSPS) is 9.12. The minimum atomic E-state index is -2.24. The predicted molar refractivity (Wildman–Crippen MR) is 75.0 cm³/mol. The van der Waals surface area contributed by atoms with Crippen LogP contribution in [-0.4, -0.2) is 31.2 Å². The Hall–Kier alpha value is -1.20. The van der Waals surface area contributed by atoms with Gasteiger partial charge in [-0.3, -0.25) is 0 Å². The molecule has 0 saturated heterocycles.